The van der Waals surface area contributed by atoms with Crippen LogP contribution in [0.25, 0.3) is 0 Å². The van der Waals surface area contributed by atoms with Gasteiger partial charge >= 0.3 is 0 Å². The summed E-state index contributed by atoms with van der Waals surface area (Å²) in [5.41, 5.74) is 0.940. The lowest BCUT2D eigenvalue weighted by Crippen LogP contribution is -2.47. The molecule has 0 radical (unpaired) electrons. The normalized spacial score (nSPS) is 33.2. The zero-order valence-corrected chi connectivity index (χ0v) is 12.1. The topological polar surface area (TPSA) is 51.2 Å². The molecule has 4 atom stereocenters. The van der Waals surface area contributed by atoms with Gasteiger partial charge in [-0.2, -0.15) is 0 Å². The minimum Gasteiger partial charge on any atom is -0.495 e. The van der Waals surface area contributed by atoms with E-state index >= 15 is 0 Å². The summed E-state index contributed by atoms with van der Waals surface area (Å²) < 4.78 is 5.13. The molecule has 0 spiro atoms. The predicted molar refractivity (Wildman–Crippen MR) is 76.3 cm³/mol. The minimum atomic E-state index is 0.0511. The quantitative estimate of drug-likeness (QED) is 0.902. The highest BCUT2D eigenvalue weighted by Gasteiger charge is 2.41. The average molecular weight is 274 g/mol. The fraction of sp³-hybridized carbons (Fsp3) is 0.625. The Morgan fingerprint density at radius 2 is 2.20 bits per heavy atom. The molecule has 2 fully saturated rings. The van der Waals surface area contributed by atoms with Gasteiger partial charge in [0.1, 0.15) is 5.75 Å². The molecule has 0 bridgehead atoms. The van der Waals surface area contributed by atoms with Crippen molar-refractivity contribution in [3.63, 3.8) is 0 Å². The largest absolute Gasteiger partial charge is 0.495 e. The van der Waals surface area contributed by atoms with E-state index in [1.165, 1.54) is 12.8 Å². The summed E-state index contributed by atoms with van der Waals surface area (Å²) in [5.74, 6) is 2.33. The smallest absolute Gasteiger partial charge is 0.223 e. The summed E-state index contributed by atoms with van der Waals surface area (Å²) in [6.07, 6.45) is 6.21. The first-order valence-electron chi connectivity index (χ1n) is 7.49. The van der Waals surface area contributed by atoms with E-state index in [-0.39, 0.29) is 17.9 Å². The third kappa shape index (κ3) is 2.39. The molecule has 3 rings (SSSR count). The van der Waals surface area contributed by atoms with Crippen molar-refractivity contribution in [3.8, 4) is 5.75 Å². The molecular formula is C16H22N2O2. The highest BCUT2D eigenvalue weighted by Crippen LogP contribution is 2.42. The SMILES string of the molecule is COc1ccc(C2CC3C(C)CCCC3C(=O)N2)nc1. The van der Waals surface area contributed by atoms with E-state index in [4.69, 9.17) is 4.74 Å². The number of amides is 1. The van der Waals surface area contributed by atoms with Gasteiger partial charge in [0.15, 0.2) is 0 Å². The van der Waals surface area contributed by atoms with Crippen LogP contribution in [0.5, 0.6) is 5.75 Å². The van der Waals surface area contributed by atoms with E-state index in [1.807, 2.05) is 12.1 Å². The number of aromatic nitrogens is 1. The van der Waals surface area contributed by atoms with Crippen molar-refractivity contribution in [2.24, 2.45) is 17.8 Å². The van der Waals surface area contributed by atoms with Gasteiger partial charge in [0, 0.05) is 5.92 Å². The second-order valence-electron chi connectivity index (χ2n) is 6.10. The number of fused-ring (bicyclic) bond motifs is 1. The molecule has 2 aliphatic rings. The molecule has 1 aromatic heterocycles. The van der Waals surface area contributed by atoms with Gasteiger partial charge in [-0.25, -0.2) is 0 Å². The first kappa shape index (κ1) is 13.4. The van der Waals surface area contributed by atoms with Crippen LogP contribution in [0, 0.1) is 17.8 Å². The van der Waals surface area contributed by atoms with Gasteiger partial charge in [-0.3, -0.25) is 9.78 Å². The number of carbonyl (C=O) groups excluding carboxylic acids is 1. The third-order valence-corrected chi connectivity index (χ3v) is 4.94. The lowest BCUT2D eigenvalue weighted by Gasteiger charge is -2.42. The summed E-state index contributed by atoms with van der Waals surface area (Å²) in [6, 6.07) is 3.91. The van der Waals surface area contributed by atoms with E-state index in [9.17, 15) is 4.79 Å². The molecule has 1 aliphatic carbocycles. The van der Waals surface area contributed by atoms with Crippen LogP contribution in [0.2, 0.25) is 0 Å². The summed E-state index contributed by atoms with van der Waals surface area (Å²) >= 11 is 0. The first-order chi connectivity index (χ1) is 9.69. The monoisotopic (exact) mass is 274 g/mol. The molecule has 4 heteroatoms. The van der Waals surface area contributed by atoms with Gasteiger partial charge in [0.25, 0.3) is 0 Å². The van der Waals surface area contributed by atoms with Crippen LogP contribution in [0.4, 0.5) is 0 Å². The second kappa shape index (κ2) is 5.43. The molecule has 2 heterocycles. The maximum Gasteiger partial charge on any atom is 0.223 e. The zero-order chi connectivity index (χ0) is 14.1. The first-order valence-corrected chi connectivity index (χ1v) is 7.49. The Labute approximate surface area is 119 Å². The van der Waals surface area contributed by atoms with Gasteiger partial charge in [-0.05, 0) is 36.8 Å². The van der Waals surface area contributed by atoms with Gasteiger partial charge in [-0.1, -0.05) is 19.8 Å². The number of nitrogens with zero attached hydrogens (tertiary/aromatic N) is 1. The number of ether oxygens (including phenoxy) is 1. The second-order valence-corrected chi connectivity index (χ2v) is 6.10. The van der Waals surface area contributed by atoms with Gasteiger partial charge in [0.05, 0.1) is 25.0 Å². The van der Waals surface area contributed by atoms with Gasteiger partial charge in [-0.15, -0.1) is 0 Å². The van der Waals surface area contributed by atoms with Crippen LogP contribution >= 0.6 is 0 Å². The van der Waals surface area contributed by atoms with Crippen molar-refractivity contribution >= 4 is 5.91 Å². The van der Waals surface area contributed by atoms with Crippen LogP contribution in [-0.2, 0) is 4.79 Å². The number of methoxy groups -OCH3 is 1. The third-order valence-electron chi connectivity index (χ3n) is 4.94. The minimum absolute atomic E-state index is 0.0511. The van der Waals surface area contributed by atoms with Crippen LogP contribution in [-0.4, -0.2) is 18.0 Å². The standard InChI is InChI=1S/C16H22N2O2/c1-10-4-3-5-12-13(10)8-15(18-16(12)19)14-7-6-11(20-2)9-17-14/h6-7,9-10,12-13,15H,3-5,8H2,1-2H3,(H,18,19). The van der Waals surface area contributed by atoms with Crippen molar-refractivity contribution in [1.82, 2.24) is 10.3 Å². The van der Waals surface area contributed by atoms with Crippen molar-refractivity contribution in [1.29, 1.82) is 0 Å². The Hall–Kier alpha value is -1.58. The fourth-order valence-electron chi connectivity index (χ4n) is 3.73. The summed E-state index contributed by atoms with van der Waals surface area (Å²) in [6.45, 7) is 2.29. The van der Waals surface area contributed by atoms with Crippen molar-refractivity contribution in [2.45, 2.75) is 38.6 Å². The molecule has 1 N–H and O–H groups in total. The Morgan fingerprint density at radius 1 is 1.35 bits per heavy atom. The average Bonchev–Trinajstić information content (AvgIpc) is 2.48. The molecule has 1 aliphatic heterocycles. The van der Waals surface area contributed by atoms with E-state index in [2.05, 4.69) is 17.2 Å². The van der Waals surface area contributed by atoms with Crippen LogP contribution in [0.1, 0.15) is 44.3 Å². The molecule has 20 heavy (non-hydrogen) atoms. The molecule has 0 aromatic carbocycles. The molecule has 1 amide bonds. The van der Waals surface area contributed by atoms with Gasteiger partial charge in [0.2, 0.25) is 5.91 Å². The molecule has 1 aromatic rings. The number of nitrogens with one attached hydrogen (secondary N) is 1. The Bertz CT molecular complexity index is 486. The number of carbonyl (C=O) groups is 1. The maximum atomic E-state index is 12.3. The lowest BCUT2D eigenvalue weighted by molar-refractivity contribution is -0.133. The highest BCUT2D eigenvalue weighted by molar-refractivity contribution is 5.80. The van der Waals surface area contributed by atoms with E-state index in [1.54, 1.807) is 13.3 Å². The lowest BCUT2D eigenvalue weighted by atomic mass is 9.67. The Kier molecular flexibility index (Phi) is 3.64. The molecule has 1 saturated carbocycles. The number of hydrogen-bond acceptors (Lipinski definition) is 3. The molecular weight excluding hydrogens is 252 g/mol. The highest BCUT2D eigenvalue weighted by atomic mass is 16.5. The van der Waals surface area contributed by atoms with Crippen molar-refractivity contribution in [2.75, 3.05) is 7.11 Å². The summed E-state index contributed by atoms with van der Waals surface area (Å²) in [5, 5.41) is 3.15. The zero-order valence-electron chi connectivity index (χ0n) is 12.1. The number of hydrogen-bond donors (Lipinski definition) is 1. The molecule has 108 valence electrons. The maximum absolute atomic E-state index is 12.3. The number of pyridine rings is 1. The van der Waals surface area contributed by atoms with Gasteiger partial charge < -0.3 is 10.1 Å². The number of rotatable bonds is 2. The van der Waals surface area contributed by atoms with E-state index < -0.39 is 0 Å². The Morgan fingerprint density at radius 3 is 2.90 bits per heavy atom. The van der Waals surface area contributed by atoms with Crippen molar-refractivity contribution < 1.29 is 9.53 Å². The van der Waals surface area contributed by atoms with Crippen LogP contribution < -0.4 is 10.1 Å². The van der Waals surface area contributed by atoms with Crippen molar-refractivity contribution in [3.05, 3.63) is 24.0 Å². The van der Waals surface area contributed by atoms with E-state index in [0.717, 1.165) is 24.3 Å². The molecule has 1 saturated heterocycles. The number of piperidine rings is 1. The van der Waals surface area contributed by atoms with Crippen LogP contribution in [0.15, 0.2) is 18.3 Å². The summed E-state index contributed by atoms with van der Waals surface area (Å²) in [4.78, 5) is 16.7. The molecule has 4 unspecified atom stereocenters. The van der Waals surface area contributed by atoms with Crippen LogP contribution in [0.3, 0.4) is 0 Å². The summed E-state index contributed by atoms with van der Waals surface area (Å²) in [7, 11) is 1.63. The molecule has 4 nitrogen and oxygen atoms in total. The predicted octanol–water partition coefficient (Wildman–Crippen LogP) is 2.70. The Balaban J connectivity index is 1.79. The fourth-order valence-corrected chi connectivity index (χ4v) is 3.73. The van der Waals surface area contributed by atoms with E-state index in [0.29, 0.717) is 11.8 Å².